The quantitative estimate of drug-likeness (QED) is 0.687. The summed E-state index contributed by atoms with van der Waals surface area (Å²) >= 11 is 0. The number of carboxylic acids is 1. The molecule has 128 valence electrons. The second-order valence-corrected chi connectivity index (χ2v) is 7.40. The van der Waals surface area contributed by atoms with E-state index in [4.69, 9.17) is 5.11 Å². The van der Waals surface area contributed by atoms with Gasteiger partial charge in [0.05, 0.1) is 0 Å². The highest BCUT2D eigenvalue weighted by Crippen LogP contribution is 2.25. The third-order valence-corrected chi connectivity index (χ3v) is 5.38. The number of unbranched alkanes of at least 4 members (excludes halogenated alkanes) is 1. The fourth-order valence-corrected chi connectivity index (χ4v) is 4.10. The molecule has 2 atom stereocenters. The van der Waals surface area contributed by atoms with Gasteiger partial charge in [-0.2, -0.15) is 0 Å². The molecule has 1 saturated carbocycles. The Labute approximate surface area is 135 Å². The summed E-state index contributed by atoms with van der Waals surface area (Å²) in [4.78, 5) is 13.4. The zero-order chi connectivity index (χ0) is 15.8. The van der Waals surface area contributed by atoms with Crippen molar-refractivity contribution in [1.29, 1.82) is 0 Å². The predicted molar refractivity (Wildman–Crippen MR) is 90.1 cm³/mol. The molecule has 0 spiro atoms. The summed E-state index contributed by atoms with van der Waals surface area (Å²) < 4.78 is 0. The smallest absolute Gasteiger partial charge is 0.303 e. The highest BCUT2D eigenvalue weighted by Gasteiger charge is 2.27. The molecule has 1 heterocycles. The van der Waals surface area contributed by atoms with Crippen molar-refractivity contribution in [3.63, 3.8) is 0 Å². The van der Waals surface area contributed by atoms with Gasteiger partial charge in [0.1, 0.15) is 0 Å². The van der Waals surface area contributed by atoms with Crippen molar-refractivity contribution >= 4 is 5.97 Å². The number of piperidine rings is 1. The fraction of sp³-hybridized carbons (Fsp3) is 0.944. The Kier molecular flexibility index (Phi) is 7.67. The van der Waals surface area contributed by atoms with Gasteiger partial charge in [0.15, 0.2) is 0 Å². The van der Waals surface area contributed by atoms with Crippen molar-refractivity contribution in [3.05, 3.63) is 0 Å². The SMILES string of the molecule is CCCCN1CC(CCC(=O)O)CC(NCC2CCCC2)C1. The number of carbonyl (C=O) groups is 1. The van der Waals surface area contributed by atoms with Crippen molar-refractivity contribution in [1.82, 2.24) is 10.2 Å². The normalized spacial score (nSPS) is 27.3. The van der Waals surface area contributed by atoms with E-state index >= 15 is 0 Å². The summed E-state index contributed by atoms with van der Waals surface area (Å²) in [6.07, 6.45) is 10.4. The molecule has 2 fully saturated rings. The Hall–Kier alpha value is -0.610. The van der Waals surface area contributed by atoms with Gasteiger partial charge in [-0.1, -0.05) is 26.2 Å². The molecule has 2 N–H and O–H groups in total. The first-order valence-electron chi connectivity index (χ1n) is 9.35. The summed E-state index contributed by atoms with van der Waals surface area (Å²) in [5.41, 5.74) is 0. The lowest BCUT2D eigenvalue weighted by molar-refractivity contribution is -0.137. The molecule has 4 heteroatoms. The van der Waals surface area contributed by atoms with E-state index in [0.29, 0.717) is 18.4 Å². The molecule has 0 radical (unpaired) electrons. The molecule has 2 rings (SSSR count). The number of likely N-dealkylation sites (tertiary alicyclic amines) is 1. The van der Waals surface area contributed by atoms with E-state index in [-0.39, 0.29) is 0 Å². The second-order valence-electron chi connectivity index (χ2n) is 7.40. The Morgan fingerprint density at radius 2 is 2.00 bits per heavy atom. The van der Waals surface area contributed by atoms with Gasteiger partial charge < -0.3 is 15.3 Å². The molecular formula is C18H34N2O2. The van der Waals surface area contributed by atoms with Crippen molar-refractivity contribution in [2.75, 3.05) is 26.2 Å². The second kappa shape index (κ2) is 9.51. The zero-order valence-electron chi connectivity index (χ0n) is 14.2. The monoisotopic (exact) mass is 310 g/mol. The van der Waals surface area contributed by atoms with Crippen LogP contribution in [0.5, 0.6) is 0 Å². The first kappa shape index (κ1) is 17.7. The van der Waals surface area contributed by atoms with Crippen LogP contribution in [0.25, 0.3) is 0 Å². The number of carboxylic acid groups (broad SMARTS) is 1. The number of rotatable bonds is 9. The van der Waals surface area contributed by atoms with E-state index in [9.17, 15) is 4.79 Å². The van der Waals surface area contributed by atoms with Gasteiger partial charge in [-0.3, -0.25) is 4.79 Å². The van der Waals surface area contributed by atoms with Crippen LogP contribution in [-0.2, 0) is 4.79 Å². The molecule has 0 bridgehead atoms. The minimum absolute atomic E-state index is 0.321. The minimum Gasteiger partial charge on any atom is -0.481 e. The van der Waals surface area contributed by atoms with E-state index < -0.39 is 5.97 Å². The third-order valence-electron chi connectivity index (χ3n) is 5.38. The number of aliphatic carboxylic acids is 1. The summed E-state index contributed by atoms with van der Waals surface area (Å²) in [6.45, 7) is 6.81. The van der Waals surface area contributed by atoms with Crippen molar-refractivity contribution in [2.45, 2.75) is 70.8 Å². The standard InChI is InChI=1S/C18H34N2O2/c1-2-3-10-20-13-16(8-9-18(21)22)11-17(14-20)19-12-15-6-4-5-7-15/h15-17,19H,2-14H2,1H3,(H,21,22). The maximum absolute atomic E-state index is 10.8. The Morgan fingerprint density at radius 3 is 2.68 bits per heavy atom. The lowest BCUT2D eigenvalue weighted by Gasteiger charge is -2.38. The number of hydrogen-bond donors (Lipinski definition) is 2. The van der Waals surface area contributed by atoms with Crippen LogP contribution >= 0.6 is 0 Å². The maximum Gasteiger partial charge on any atom is 0.303 e. The average molecular weight is 310 g/mol. The number of nitrogens with zero attached hydrogens (tertiary/aromatic N) is 1. The molecule has 4 nitrogen and oxygen atoms in total. The molecule has 1 saturated heterocycles. The van der Waals surface area contributed by atoms with Crippen molar-refractivity contribution in [2.24, 2.45) is 11.8 Å². The Bertz CT molecular complexity index is 329. The van der Waals surface area contributed by atoms with E-state index in [2.05, 4.69) is 17.1 Å². The van der Waals surface area contributed by atoms with Gasteiger partial charge in [0.25, 0.3) is 0 Å². The molecule has 2 aliphatic rings. The third kappa shape index (κ3) is 6.25. The summed E-state index contributed by atoms with van der Waals surface area (Å²) in [5.74, 6) is 0.771. The van der Waals surface area contributed by atoms with E-state index in [1.807, 2.05) is 0 Å². The van der Waals surface area contributed by atoms with E-state index in [0.717, 1.165) is 38.4 Å². The molecule has 22 heavy (non-hydrogen) atoms. The predicted octanol–water partition coefficient (Wildman–Crippen LogP) is 3.12. The van der Waals surface area contributed by atoms with Crippen LogP contribution in [0, 0.1) is 11.8 Å². The molecular weight excluding hydrogens is 276 g/mol. The minimum atomic E-state index is -0.652. The van der Waals surface area contributed by atoms with Crippen LogP contribution in [0.2, 0.25) is 0 Å². The Balaban J connectivity index is 1.79. The van der Waals surface area contributed by atoms with Gasteiger partial charge >= 0.3 is 5.97 Å². The average Bonchev–Trinajstić information content (AvgIpc) is 3.02. The lowest BCUT2D eigenvalue weighted by atomic mass is 9.90. The number of nitrogens with one attached hydrogen (secondary N) is 1. The molecule has 1 aliphatic carbocycles. The van der Waals surface area contributed by atoms with Crippen LogP contribution < -0.4 is 5.32 Å². The van der Waals surface area contributed by atoms with Gasteiger partial charge in [-0.15, -0.1) is 0 Å². The van der Waals surface area contributed by atoms with Gasteiger partial charge in [-0.05, 0) is 57.0 Å². The van der Waals surface area contributed by atoms with Gasteiger partial charge in [0, 0.05) is 25.6 Å². The highest BCUT2D eigenvalue weighted by molar-refractivity contribution is 5.66. The summed E-state index contributed by atoms with van der Waals surface area (Å²) in [6, 6.07) is 0.560. The first-order valence-corrected chi connectivity index (χ1v) is 9.35. The lowest BCUT2D eigenvalue weighted by Crippen LogP contribution is -2.50. The van der Waals surface area contributed by atoms with E-state index in [1.54, 1.807) is 0 Å². The molecule has 0 aromatic carbocycles. The van der Waals surface area contributed by atoms with Gasteiger partial charge in [-0.25, -0.2) is 0 Å². The van der Waals surface area contributed by atoms with Crippen LogP contribution in [0.3, 0.4) is 0 Å². The molecule has 0 aromatic heterocycles. The van der Waals surface area contributed by atoms with Crippen LogP contribution in [0.4, 0.5) is 0 Å². The molecule has 0 aromatic rings. The van der Waals surface area contributed by atoms with Crippen LogP contribution in [0.15, 0.2) is 0 Å². The largest absolute Gasteiger partial charge is 0.481 e. The van der Waals surface area contributed by atoms with Crippen LogP contribution in [0.1, 0.15) is 64.7 Å². The Morgan fingerprint density at radius 1 is 1.23 bits per heavy atom. The summed E-state index contributed by atoms with van der Waals surface area (Å²) in [5, 5.41) is 12.7. The highest BCUT2D eigenvalue weighted by atomic mass is 16.4. The zero-order valence-corrected chi connectivity index (χ0v) is 14.2. The van der Waals surface area contributed by atoms with Crippen LogP contribution in [-0.4, -0.2) is 48.2 Å². The van der Waals surface area contributed by atoms with Gasteiger partial charge in [0.2, 0.25) is 0 Å². The van der Waals surface area contributed by atoms with Crippen molar-refractivity contribution < 1.29 is 9.90 Å². The topological polar surface area (TPSA) is 52.6 Å². The maximum atomic E-state index is 10.8. The number of hydrogen-bond acceptors (Lipinski definition) is 3. The molecule has 1 aliphatic heterocycles. The summed E-state index contributed by atoms with van der Waals surface area (Å²) in [7, 11) is 0. The van der Waals surface area contributed by atoms with Crippen molar-refractivity contribution in [3.8, 4) is 0 Å². The first-order chi connectivity index (χ1) is 10.7. The van der Waals surface area contributed by atoms with E-state index in [1.165, 1.54) is 45.1 Å². The molecule has 0 amide bonds. The fourth-order valence-electron chi connectivity index (χ4n) is 4.10. The molecule has 2 unspecified atom stereocenters.